The Morgan fingerprint density at radius 2 is 1.68 bits per heavy atom. The maximum Gasteiger partial charge on any atom is 0.0726 e. The highest BCUT2D eigenvalue weighted by Crippen LogP contribution is 2.25. The molecule has 0 spiro atoms. The van der Waals surface area contributed by atoms with Gasteiger partial charge in [-0.05, 0) is 44.6 Å². The summed E-state index contributed by atoms with van der Waals surface area (Å²) in [6.45, 7) is 6.62. The van der Waals surface area contributed by atoms with Crippen LogP contribution in [0.25, 0.3) is 0 Å². The molecule has 2 N–H and O–H groups in total. The van der Waals surface area contributed by atoms with Crippen molar-refractivity contribution in [2.75, 3.05) is 0 Å². The molecule has 2 rings (SSSR count). The van der Waals surface area contributed by atoms with Crippen molar-refractivity contribution in [2.24, 2.45) is 5.73 Å². The van der Waals surface area contributed by atoms with Crippen molar-refractivity contribution in [3.63, 3.8) is 0 Å². The van der Waals surface area contributed by atoms with Crippen molar-refractivity contribution in [2.45, 2.75) is 32.2 Å². The van der Waals surface area contributed by atoms with Gasteiger partial charge in [-0.1, -0.05) is 45.0 Å². The summed E-state index contributed by atoms with van der Waals surface area (Å²) in [5.41, 5.74) is 9.69. The molecule has 0 saturated heterocycles. The number of nitrogens with two attached hydrogens (primary N) is 1. The minimum absolute atomic E-state index is 0.165. The Labute approximate surface area is 123 Å². The number of halogens is 1. The van der Waals surface area contributed by atoms with E-state index in [1.807, 2.05) is 12.1 Å². The van der Waals surface area contributed by atoms with Gasteiger partial charge in [0.05, 0.1) is 11.7 Å². The predicted molar refractivity (Wildman–Crippen MR) is 83.1 cm³/mol. The first kappa shape index (κ1) is 14.2. The number of benzene rings is 1. The normalized spacial score (nSPS) is 13.3. The van der Waals surface area contributed by atoms with Crippen molar-refractivity contribution in [3.8, 4) is 0 Å². The lowest BCUT2D eigenvalue weighted by atomic mass is 9.86. The Hall–Kier alpha value is -1.19. The van der Waals surface area contributed by atoms with Crippen LogP contribution in [0, 0.1) is 0 Å². The predicted octanol–water partition coefficient (Wildman–Crippen LogP) is 4.19. The fraction of sp³-hybridized carbons (Fsp3) is 0.312. The lowest BCUT2D eigenvalue weighted by Crippen LogP contribution is -2.15. The molecule has 2 nitrogen and oxygen atoms in total. The number of hydrogen-bond donors (Lipinski definition) is 1. The molecule has 0 bridgehead atoms. The Balaban J connectivity index is 2.25. The summed E-state index contributed by atoms with van der Waals surface area (Å²) in [6.07, 6.45) is 1.78. The second-order valence-electron chi connectivity index (χ2n) is 5.75. The van der Waals surface area contributed by atoms with Gasteiger partial charge < -0.3 is 5.73 Å². The van der Waals surface area contributed by atoms with Crippen LogP contribution in [0.2, 0.25) is 0 Å². The first-order valence-corrected chi connectivity index (χ1v) is 7.15. The number of nitrogens with zero attached hydrogens (tertiary/aromatic N) is 1. The van der Waals surface area contributed by atoms with Crippen LogP contribution in [0.15, 0.2) is 47.1 Å². The number of hydrogen-bond acceptors (Lipinski definition) is 2. The third-order valence-corrected chi connectivity index (χ3v) is 3.67. The summed E-state index contributed by atoms with van der Waals surface area (Å²) in [7, 11) is 0. The maximum atomic E-state index is 6.25. The molecule has 1 aromatic heterocycles. The summed E-state index contributed by atoms with van der Waals surface area (Å²) in [5.74, 6) is 0. The van der Waals surface area contributed by atoms with Crippen LogP contribution >= 0.6 is 15.9 Å². The average Bonchev–Trinajstić information content (AvgIpc) is 2.38. The third-order valence-electron chi connectivity index (χ3n) is 3.20. The SMILES string of the molecule is CC(C)(C)c1ccc(C(N)c2ccc(Br)cn2)cc1. The van der Waals surface area contributed by atoms with Crippen LogP contribution in [0.1, 0.15) is 43.6 Å². The van der Waals surface area contributed by atoms with Gasteiger partial charge in [-0.15, -0.1) is 0 Å². The van der Waals surface area contributed by atoms with Crippen LogP contribution in [0.4, 0.5) is 0 Å². The minimum atomic E-state index is -0.179. The smallest absolute Gasteiger partial charge is 0.0726 e. The highest BCUT2D eigenvalue weighted by molar-refractivity contribution is 9.10. The zero-order valence-electron chi connectivity index (χ0n) is 11.5. The summed E-state index contributed by atoms with van der Waals surface area (Å²) >= 11 is 3.38. The molecule has 2 aromatic rings. The van der Waals surface area contributed by atoms with Crippen LogP contribution in [0.5, 0.6) is 0 Å². The van der Waals surface area contributed by atoms with Crippen LogP contribution < -0.4 is 5.73 Å². The molecule has 1 atom stereocenters. The summed E-state index contributed by atoms with van der Waals surface area (Å²) in [4.78, 5) is 4.35. The largest absolute Gasteiger partial charge is 0.319 e. The molecule has 0 fully saturated rings. The zero-order chi connectivity index (χ0) is 14.0. The van der Waals surface area contributed by atoms with Gasteiger partial charge in [-0.2, -0.15) is 0 Å². The minimum Gasteiger partial charge on any atom is -0.319 e. The van der Waals surface area contributed by atoms with E-state index in [-0.39, 0.29) is 11.5 Å². The van der Waals surface area contributed by atoms with Crippen LogP contribution in [0.3, 0.4) is 0 Å². The van der Waals surface area contributed by atoms with E-state index in [9.17, 15) is 0 Å². The summed E-state index contributed by atoms with van der Waals surface area (Å²) in [5, 5.41) is 0. The van der Waals surface area contributed by atoms with E-state index in [0.717, 1.165) is 15.7 Å². The molecule has 1 heterocycles. The van der Waals surface area contributed by atoms with E-state index in [4.69, 9.17) is 5.73 Å². The average molecular weight is 319 g/mol. The van der Waals surface area contributed by atoms with Gasteiger partial charge in [0.2, 0.25) is 0 Å². The molecule has 100 valence electrons. The fourth-order valence-corrected chi connectivity index (χ4v) is 2.17. The monoisotopic (exact) mass is 318 g/mol. The van der Waals surface area contributed by atoms with Gasteiger partial charge in [-0.3, -0.25) is 4.98 Å². The van der Waals surface area contributed by atoms with E-state index < -0.39 is 0 Å². The van der Waals surface area contributed by atoms with Gasteiger partial charge in [0.15, 0.2) is 0 Å². The molecular weight excluding hydrogens is 300 g/mol. The Morgan fingerprint density at radius 3 is 2.16 bits per heavy atom. The second-order valence-corrected chi connectivity index (χ2v) is 6.67. The molecule has 3 heteroatoms. The molecule has 0 saturated carbocycles. The van der Waals surface area contributed by atoms with E-state index in [2.05, 4.69) is 66.0 Å². The second kappa shape index (κ2) is 5.43. The van der Waals surface area contributed by atoms with Crippen LogP contribution in [-0.4, -0.2) is 4.98 Å². The van der Waals surface area contributed by atoms with E-state index >= 15 is 0 Å². The number of rotatable bonds is 2. The Morgan fingerprint density at radius 1 is 1.05 bits per heavy atom. The first-order chi connectivity index (χ1) is 8.88. The van der Waals surface area contributed by atoms with Gasteiger partial charge in [0, 0.05) is 10.7 Å². The summed E-state index contributed by atoms with van der Waals surface area (Å²) in [6, 6.07) is 12.2. The molecular formula is C16H19BrN2. The van der Waals surface area contributed by atoms with E-state index in [1.54, 1.807) is 6.20 Å². The molecule has 1 aromatic carbocycles. The standard InChI is InChI=1S/C16H19BrN2/c1-16(2,3)12-6-4-11(5-7-12)15(18)14-9-8-13(17)10-19-14/h4-10,15H,18H2,1-3H3. The van der Waals surface area contributed by atoms with Crippen molar-refractivity contribution in [1.82, 2.24) is 4.98 Å². The lowest BCUT2D eigenvalue weighted by molar-refractivity contribution is 0.589. The van der Waals surface area contributed by atoms with Crippen LogP contribution in [-0.2, 0) is 5.41 Å². The van der Waals surface area contributed by atoms with Crippen molar-refractivity contribution < 1.29 is 0 Å². The van der Waals surface area contributed by atoms with E-state index in [0.29, 0.717) is 0 Å². The molecule has 1 unspecified atom stereocenters. The Bertz CT molecular complexity index is 538. The third kappa shape index (κ3) is 3.43. The number of aromatic nitrogens is 1. The van der Waals surface area contributed by atoms with Gasteiger partial charge in [0.1, 0.15) is 0 Å². The Kier molecular flexibility index (Phi) is 4.07. The fourth-order valence-electron chi connectivity index (χ4n) is 1.93. The summed E-state index contributed by atoms with van der Waals surface area (Å²) < 4.78 is 0.964. The molecule has 19 heavy (non-hydrogen) atoms. The molecule has 0 radical (unpaired) electrons. The topological polar surface area (TPSA) is 38.9 Å². The van der Waals surface area contributed by atoms with E-state index in [1.165, 1.54) is 5.56 Å². The zero-order valence-corrected chi connectivity index (χ0v) is 13.1. The quantitative estimate of drug-likeness (QED) is 0.901. The highest BCUT2D eigenvalue weighted by atomic mass is 79.9. The maximum absolute atomic E-state index is 6.25. The van der Waals surface area contributed by atoms with Gasteiger partial charge >= 0.3 is 0 Å². The van der Waals surface area contributed by atoms with Gasteiger partial charge in [-0.25, -0.2) is 0 Å². The van der Waals surface area contributed by atoms with Crippen molar-refractivity contribution in [1.29, 1.82) is 0 Å². The van der Waals surface area contributed by atoms with Crippen molar-refractivity contribution in [3.05, 3.63) is 63.9 Å². The van der Waals surface area contributed by atoms with Gasteiger partial charge in [0.25, 0.3) is 0 Å². The molecule has 0 aliphatic rings. The van der Waals surface area contributed by atoms with Crippen molar-refractivity contribution >= 4 is 15.9 Å². The highest BCUT2D eigenvalue weighted by Gasteiger charge is 2.15. The molecule has 0 aliphatic carbocycles. The lowest BCUT2D eigenvalue weighted by Gasteiger charge is -2.20. The molecule has 0 aliphatic heterocycles. The molecule has 0 amide bonds. The first-order valence-electron chi connectivity index (χ1n) is 6.35. The number of pyridine rings is 1.